The van der Waals surface area contributed by atoms with Crippen LogP contribution in [-0.4, -0.2) is 32.1 Å². The van der Waals surface area contributed by atoms with E-state index >= 15 is 0 Å². The third-order valence-corrected chi connectivity index (χ3v) is 9.75. The summed E-state index contributed by atoms with van der Waals surface area (Å²) >= 11 is 0. The van der Waals surface area contributed by atoms with Gasteiger partial charge in [-0.15, -0.1) is 0 Å². The van der Waals surface area contributed by atoms with Crippen LogP contribution >= 0.6 is 0 Å². The minimum atomic E-state index is -4.13. The smallest absolute Gasteiger partial charge is 0.327 e. The highest BCUT2D eigenvalue weighted by atomic mass is 32.2. The SMILES string of the molecule is CCCCCCCCCCCCCCOC(=O)[C@@H](NS(=O)(=O)c1ccc2c(c1)Cc1ccccc1-2)[C@H](O)c1ccccc1. The lowest BCUT2D eigenvalue weighted by molar-refractivity contribution is -0.148. The van der Waals surface area contributed by atoms with E-state index in [1.165, 1.54) is 57.8 Å². The fourth-order valence-electron chi connectivity index (χ4n) is 5.81. The predicted molar refractivity (Wildman–Crippen MR) is 172 cm³/mol. The number of rotatable bonds is 19. The Morgan fingerprint density at radius 3 is 2.02 bits per heavy atom. The number of ether oxygens (including phenoxy) is 1. The van der Waals surface area contributed by atoms with Gasteiger partial charge in [0.25, 0.3) is 0 Å². The number of fused-ring (bicyclic) bond motifs is 3. The van der Waals surface area contributed by atoms with Gasteiger partial charge in [-0.05, 0) is 52.8 Å². The molecule has 0 aromatic heterocycles. The van der Waals surface area contributed by atoms with E-state index < -0.39 is 28.1 Å². The Balaban J connectivity index is 1.30. The van der Waals surface area contributed by atoms with E-state index in [1.807, 2.05) is 30.3 Å². The fraction of sp³-hybridized carbons (Fsp3) is 0.472. The molecule has 3 aromatic rings. The molecule has 43 heavy (non-hydrogen) atoms. The number of benzene rings is 3. The van der Waals surface area contributed by atoms with Crippen molar-refractivity contribution in [1.82, 2.24) is 4.72 Å². The molecule has 1 aliphatic carbocycles. The van der Waals surface area contributed by atoms with E-state index in [9.17, 15) is 18.3 Å². The van der Waals surface area contributed by atoms with E-state index in [-0.39, 0.29) is 11.5 Å². The highest BCUT2D eigenvalue weighted by molar-refractivity contribution is 7.89. The number of unbranched alkanes of at least 4 members (excludes halogenated alkanes) is 11. The maximum atomic E-state index is 13.5. The van der Waals surface area contributed by atoms with Crippen molar-refractivity contribution in [3.63, 3.8) is 0 Å². The highest BCUT2D eigenvalue weighted by Crippen LogP contribution is 2.37. The second kappa shape index (κ2) is 16.7. The largest absolute Gasteiger partial charge is 0.464 e. The van der Waals surface area contributed by atoms with Gasteiger partial charge < -0.3 is 9.84 Å². The van der Waals surface area contributed by atoms with Crippen molar-refractivity contribution in [2.45, 2.75) is 107 Å². The molecule has 0 fully saturated rings. The third kappa shape index (κ3) is 9.49. The number of hydrogen-bond acceptors (Lipinski definition) is 5. The molecule has 0 aliphatic heterocycles. The fourth-order valence-corrected chi connectivity index (χ4v) is 7.05. The lowest BCUT2D eigenvalue weighted by atomic mass is 10.0. The van der Waals surface area contributed by atoms with Crippen molar-refractivity contribution in [3.8, 4) is 11.1 Å². The molecule has 0 heterocycles. The van der Waals surface area contributed by atoms with Gasteiger partial charge in [-0.1, -0.05) is 138 Å². The van der Waals surface area contributed by atoms with E-state index in [4.69, 9.17) is 4.74 Å². The van der Waals surface area contributed by atoms with E-state index in [0.29, 0.717) is 18.4 Å². The van der Waals surface area contributed by atoms with Gasteiger partial charge in [-0.25, -0.2) is 8.42 Å². The molecular formula is C36H47NO5S. The number of sulfonamides is 1. The molecule has 0 spiro atoms. The molecule has 0 saturated carbocycles. The van der Waals surface area contributed by atoms with Crippen LogP contribution in [0.15, 0.2) is 77.7 Å². The van der Waals surface area contributed by atoms with Crippen LogP contribution in [-0.2, 0) is 26.0 Å². The van der Waals surface area contributed by atoms with E-state index in [1.54, 1.807) is 42.5 Å². The topological polar surface area (TPSA) is 92.7 Å². The first kappa shape index (κ1) is 32.9. The van der Waals surface area contributed by atoms with Crippen LogP contribution in [0, 0.1) is 0 Å². The normalized spacial score (nSPS) is 13.7. The zero-order chi connectivity index (χ0) is 30.5. The minimum absolute atomic E-state index is 0.0538. The van der Waals surface area contributed by atoms with Gasteiger partial charge in [0.1, 0.15) is 12.1 Å². The molecule has 4 rings (SSSR count). The Kier molecular flexibility index (Phi) is 12.8. The van der Waals surface area contributed by atoms with Gasteiger partial charge >= 0.3 is 5.97 Å². The van der Waals surface area contributed by atoms with Gasteiger partial charge in [-0.3, -0.25) is 4.79 Å². The predicted octanol–water partition coefficient (Wildman–Crippen LogP) is 7.88. The van der Waals surface area contributed by atoms with Crippen molar-refractivity contribution < 1.29 is 23.1 Å². The van der Waals surface area contributed by atoms with Gasteiger partial charge in [0.05, 0.1) is 11.5 Å². The Morgan fingerprint density at radius 1 is 0.767 bits per heavy atom. The number of hydrogen-bond donors (Lipinski definition) is 2. The number of esters is 1. The average Bonchev–Trinajstić information content (AvgIpc) is 3.40. The molecule has 1 aliphatic rings. The quantitative estimate of drug-likeness (QED) is 0.0838. The first-order chi connectivity index (χ1) is 20.9. The Bertz CT molecular complexity index is 1410. The molecule has 232 valence electrons. The summed E-state index contributed by atoms with van der Waals surface area (Å²) < 4.78 is 35.0. The molecule has 2 atom stereocenters. The Labute approximate surface area is 257 Å². The van der Waals surface area contributed by atoms with Crippen molar-refractivity contribution in [1.29, 1.82) is 0 Å². The summed E-state index contributed by atoms with van der Waals surface area (Å²) in [4.78, 5) is 13.2. The van der Waals surface area contributed by atoms with Crippen LogP contribution in [0.25, 0.3) is 11.1 Å². The molecule has 6 nitrogen and oxygen atoms in total. The maximum Gasteiger partial charge on any atom is 0.327 e. The molecule has 2 N–H and O–H groups in total. The zero-order valence-electron chi connectivity index (χ0n) is 25.5. The summed E-state index contributed by atoms with van der Waals surface area (Å²) in [6.07, 6.45) is 13.6. The molecule has 0 bridgehead atoms. The van der Waals surface area contributed by atoms with Crippen molar-refractivity contribution in [2.24, 2.45) is 0 Å². The maximum absolute atomic E-state index is 13.5. The first-order valence-electron chi connectivity index (χ1n) is 16.0. The summed E-state index contributed by atoms with van der Waals surface area (Å²) in [6, 6.07) is 20.2. The molecule has 0 radical (unpaired) electrons. The van der Waals surface area contributed by atoms with Gasteiger partial charge in [0, 0.05) is 0 Å². The van der Waals surface area contributed by atoms with Gasteiger partial charge in [-0.2, -0.15) is 4.72 Å². The van der Waals surface area contributed by atoms with Crippen LogP contribution in [0.3, 0.4) is 0 Å². The van der Waals surface area contributed by atoms with Gasteiger partial charge in [0.2, 0.25) is 10.0 Å². The number of aliphatic hydroxyl groups is 1. The number of carbonyl (C=O) groups is 1. The number of nitrogens with one attached hydrogen (secondary N) is 1. The molecule has 0 saturated heterocycles. The third-order valence-electron chi connectivity index (χ3n) is 8.31. The van der Waals surface area contributed by atoms with Gasteiger partial charge in [0.15, 0.2) is 0 Å². The van der Waals surface area contributed by atoms with E-state index in [2.05, 4.69) is 11.6 Å². The monoisotopic (exact) mass is 605 g/mol. The zero-order valence-corrected chi connectivity index (χ0v) is 26.3. The van der Waals surface area contributed by atoms with Crippen molar-refractivity contribution in [3.05, 3.63) is 89.5 Å². The molecule has 0 amide bonds. The van der Waals surface area contributed by atoms with Crippen molar-refractivity contribution >= 4 is 16.0 Å². The summed E-state index contributed by atoms with van der Waals surface area (Å²) in [5.41, 5.74) is 4.62. The summed E-state index contributed by atoms with van der Waals surface area (Å²) in [5, 5.41) is 11.1. The van der Waals surface area contributed by atoms with Crippen LogP contribution in [0.1, 0.15) is 107 Å². The number of carbonyl (C=O) groups excluding carboxylic acids is 1. The summed E-state index contributed by atoms with van der Waals surface area (Å²) in [7, 11) is -4.13. The minimum Gasteiger partial charge on any atom is -0.464 e. The average molecular weight is 606 g/mol. The highest BCUT2D eigenvalue weighted by Gasteiger charge is 2.34. The summed E-state index contributed by atoms with van der Waals surface area (Å²) in [5.74, 6) is -0.781. The Hall–Kier alpha value is -3.00. The standard InChI is InChI=1S/C36H47NO5S/c1-2-3-4-5-6-7-8-9-10-11-12-18-25-42-36(39)34(35(38)28-19-14-13-15-20-28)37-43(40,41)31-23-24-33-30(27-31)26-29-21-16-17-22-32(29)33/h13-17,19-24,27,34-35,37-38H,2-12,18,25-26H2,1H3/t34-,35+/m0/s1. The molecule has 0 unspecified atom stereocenters. The second-order valence-electron chi connectivity index (χ2n) is 11.7. The van der Waals surface area contributed by atoms with Crippen molar-refractivity contribution in [2.75, 3.05) is 6.61 Å². The van der Waals surface area contributed by atoms with Crippen LogP contribution in [0.5, 0.6) is 0 Å². The molecule has 7 heteroatoms. The lowest BCUT2D eigenvalue weighted by Gasteiger charge is -2.23. The van der Waals surface area contributed by atoms with Crippen LogP contribution in [0.2, 0.25) is 0 Å². The van der Waals surface area contributed by atoms with Crippen LogP contribution < -0.4 is 4.72 Å². The summed E-state index contributed by atoms with van der Waals surface area (Å²) in [6.45, 7) is 2.43. The van der Waals surface area contributed by atoms with E-state index in [0.717, 1.165) is 35.1 Å². The molecule has 3 aromatic carbocycles. The first-order valence-corrected chi connectivity index (χ1v) is 17.5. The second-order valence-corrected chi connectivity index (χ2v) is 13.4. The Morgan fingerprint density at radius 2 is 1.35 bits per heavy atom. The number of aliphatic hydroxyl groups excluding tert-OH is 1. The van der Waals surface area contributed by atoms with Crippen LogP contribution in [0.4, 0.5) is 0 Å². The lowest BCUT2D eigenvalue weighted by Crippen LogP contribution is -2.46. The molecular weight excluding hydrogens is 558 g/mol.